The number of carbonyl (C=O) groups excluding carboxylic acids is 1. The van der Waals surface area contributed by atoms with Crippen LogP contribution in [0, 0.1) is 0 Å². The van der Waals surface area contributed by atoms with Crippen LogP contribution in [0.4, 0.5) is 0 Å². The normalized spacial score (nSPS) is 20.3. The van der Waals surface area contributed by atoms with Gasteiger partial charge < -0.3 is 14.6 Å². The maximum Gasteiger partial charge on any atom is 0.256 e. The Morgan fingerprint density at radius 1 is 1.44 bits per heavy atom. The zero-order valence-electron chi connectivity index (χ0n) is 10.3. The summed E-state index contributed by atoms with van der Waals surface area (Å²) < 4.78 is 5.37. The summed E-state index contributed by atoms with van der Waals surface area (Å²) in [6.45, 7) is 3.92. The van der Waals surface area contributed by atoms with E-state index in [9.17, 15) is 4.79 Å². The van der Waals surface area contributed by atoms with Crippen LogP contribution in [0.5, 0.6) is 0 Å². The summed E-state index contributed by atoms with van der Waals surface area (Å²) >= 11 is 0. The Kier molecular flexibility index (Phi) is 2.80. The van der Waals surface area contributed by atoms with E-state index in [0.717, 1.165) is 16.5 Å². The van der Waals surface area contributed by atoms with Gasteiger partial charge in [-0.05, 0) is 19.1 Å². The van der Waals surface area contributed by atoms with Crippen LogP contribution in [-0.4, -0.2) is 41.6 Å². The van der Waals surface area contributed by atoms with E-state index in [0.29, 0.717) is 19.8 Å². The SMILES string of the molecule is CC1COCCN1C(=O)c1cccc2cc[nH]c12. The van der Waals surface area contributed by atoms with Crippen molar-refractivity contribution in [2.24, 2.45) is 0 Å². The topological polar surface area (TPSA) is 45.3 Å². The number of nitrogens with zero attached hydrogens (tertiary/aromatic N) is 1. The fourth-order valence-corrected chi connectivity index (χ4v) is 2.45. The summed E-state index contributed by atoms with van der Waals surface area (Å²) in [5.41, 5.74) is 1.66. The number of carbonyl (C=O) groups is 1. The van der Waals surface area contributed by atoms with Gasteiger partial charge in [0.2, 0.25) is 0 Å². The van der Waals surface area contributed by atoms with Crippen LogP contribution in [0.25, 0.3) is 10.9 Å². The molecule has 0 saturated carbocycles. The smallest absolute Gasteiger partial charge is 0.256 e. The minimum atomic E-state index is 0.0823. The molecule has 0 spiro atoms. The van der Waals surface area contributed by atoms with Gasteiger partial charge in [-0.15, -0.1) is 0 Å². The Balaban J connectivity index is 1.98. The zero-order chi connectivity index (χ0) is 12.5. The van der Waals surface area contributed by atoms with Crippen molar-refractivity contribution in [3.8, 4) is 0 Å². The molecular weight excluding hydrogens is 228 g/mol. The van der Waals surface area contributed by atoms with Crippen molar-refractivity contribution in [3.05, 3.63) is 36.0 Å². The molecule has 94 valence electrons. The molecule has 4 nitrogen and oxygen atoms in total. The molecule has 1 unspecified atom stereocenters. The third-order valence-corrected chi connectivity index (χ3v) is 3.45. The Morgan fingerprint density at radius 2 is 2.33 bits per heavy atom. The molecular formula is C14H16N2O2. The van der Waals surface area contributed by atoms with Crippen molar-refractivity contribution in [2.75, 3.05) is 19.8 Å². The lowest BCUT2D eigenvalue weighted by Crippen LogP contribution is -2.47. The number of H-pyrrole nitrogens is 1. The van der Waals surface area contributed by atoms with Gasteiger partial charge in [0.1, 0.15) is 0 Å². The van der Waals surface area contributed by atoms with Gasteiger partial charge >= 0.3 is 0 Å². The summed E-state index contributed by atoms with van der Waals surface area (Å²) in [6, 6.07) is 7.93. The van der Waals surface area contributed by atoms with Gasteiger partial charge in [0.25, 0.3) is 5.91 Å². The van der Waals surface area contributed by atoms with Gasteiger partial charge in [0, 0.05) is 18.1 Å². The summed E-state index contributed by atoms with van der Waals surface area (Å²) in [5, 5.41) is 1.07. The van der Waals surface area contributed by atoms with E-state index < -0.39 is 0 Å². The number of rotatable bonds is 1. The van der Waals surface area contributed by atoms with Gasteiger partial charge in [0.05, 0.1) is 30.3 Å². The summed E-state index contributed by atoms with van der Waals surface area (Å²) in [4.78, 5) is 17.6. The second-order valence-corrected chi connectivity index (χ2v) is 4.67. The number of ether oxygens (including phenoxy) is 1. The van der Waals surface area contributed by atoms with E-state index in [1.54, 1.807) is 0 Å². The number of benzene rings is 1. The minimum Gasteiger partial charge on any atom is -0.377 e. The predicted molar refractivity (Wildman–Crippen MR) is 69.6 cm³/mol. The third-order valence-electron chi connectivity index (χ3n) is 3.45. The largest absolute Gasteiger partial charge is 0.377 e. The molecule has 1 aromatic carbocycles. The first-order valence-corrected chi connectivity index (χ1v) is 6.22. The third kappa shape index (κ3) is 1.78. The number of morpholine rings is 1. The van der Waals surface area contributed by atoms with Crippen molar-refractivity contribution >= 4 is 16.8 Å². The van der Waals surface area contributed by atoms with Gasteiger partial charge in [-0.3, -0.25) is 4.79 Å². The van der Waals surface area contributed by atoms with E-state index in [4.69, 9.17) is 4.74 Å². The molecule has 1 atom stereocenters. The molecule has 1 aliphatic heterocycles. The Morgan fingerprint density at radius 3 is 3.17 bits per heavy atom. The molecule has 1 N–H and O–H groups in total. The molecule has 0 bridgehead atoms. The molecule has 1 amide bonds. The highest BCUT2D eigenvalue weighted by molar-refractivity contribution is 6.05. The molecule has 1 aliphatic rings. The van der Waals surface area contributed by atoms with E-state index in [1.165, 1.54) is 0 Å². The maximum atomic E-state index is 12.6. The Bertz CT molecular complexity index is 576. The highest BCUT2D eigenvalue weighted by Crippen LogP contribution is 2.20. The first-order valence-electron chi connectivity index (χ1n) is 6.22. The van der Waals surface area contributed by atoms with Crippen molar-refractivity contribution in [3.63, 3.8) is 0 Å². The highest BCUT2D eigenvalue weighted by atomic mass is 16.5. The molecule has 2 aromatic rings. The van der Waals surface area contributed by atoms with E-state index in [1.807, 2.05) is 42.3 Å². The van der Waals surface area contributed by atoms with Crippen LogP contribution < -0.4 is 0 Å². The van der Waals surface area contributed by atoms with Gasteiger partial charge in [-0.25, -0.2) is 0 Å². The predicted octanol–water partition coefficient (Wildman–Crippen LogP) is 2.03. The fourth-order valence-electron chi connectivity index (χ4n) is 2.45. The van der Waals surface area contributed by atoms with Crippen molar-refractivity contribution < 1.29 is 9.53 Å². The minimum absolute atomic E-state index is 0.0823. The first-order chi connectivity index (χ1) is 8.77. The standard InChI is InChI=1S/C14H16N2O2/c1-10-9-18-8-7-16(10)14(17)12-4-2-3-11-5-6-15-13(11)12/h2-6,10,15H,7-9H2,1H3. The van der Waals surface area contributed by atoms with Crippen LogP contribution in [0.1, 0.15) is 17.3 Å². The summed E-state index contributed by atoms with van der Waals surface area (Å²) in [6.07, 6.45) is 1.87. The zero-order valence-corrected chi connectivity index (χ0v) is 10.3. The number of hydrogen-bond acceptors (Lipinski definition) is 2. The van der Waals surface area contributed by atoms with Crippen molar-refractivity contribution in [1.29, 1.82) is 0 Å². The molecule has 2 heterocycles. The summed E-state index contributed by atoms with van der Waals surface area (Å²) in [5.74, 6) is 0.0823. The van der Waals surface area contributed by atoms with Crippen LogP contribution >= 0.6 is 0 Å². The second-order valence-electron chi connectivity index (χ2n) is 4.67. The lowest BCUT2D eigenvalue weighted by molar-refractivity contribution is 0.00369. The number of aromatic amines is 1. The van der Waals surface area contributed by atoms with Crippen LogP contribution in [0.3, 0.4) is 0 Å². The molecule has 0 aliphatic carbocycles. The number of para-hydroxylation sites is 1. The van der Waals surface area contributed by atoms with E-state index in [-0.39, 0.29) is 11.9 Å². The maximum absolute atomic E-state index is 12.6. The fraction of sp³-hybridized carbons (Fsp3) is 0.357. The number of hydrogen-bond donors (Lipinski definition) is 1. The van der Waals surface area contributed by atoms with Crippen molar-refractivity contribution in [1.82, 2.24) is 9.88 Å². The Hall–Kier alpha value is -1.81. The number of aromatic nitrogens is 1. The molecule has 1 saturated heterocycles. The molecule has 1 aromatic heterocycles. The first kappa shape index (κ1) is 11.3. The summed E-state index contributed by atoms with van der Waals surface area (Å²) in [7, 11) is 0. The number of fused-ring (bicyclic) bond motifs is 1. The van der Waals surface area contributed by atoms with E-state index >= 15 is 0 Å². The quantitative estimate of drug-likeness (QED) is 0.834. The average molecular weight is 244 g/mol. The van der Waals surface area contributed by atoms with Gasteiger partial charge in [-0.1, -0.05) is 12.1 Å². The molecule has 0 radical (unpaired) electrons. The van der Waals surface area contributed by atoms with Crippen molar-refractivity contribution in [2.45, 2.75) is 13.0 Å². The molecule has 18 heavy (non-hydrogen) atoms. The van der Waals surface area contributed by atoms with Gasteiger partial charge in [-0.2, -0.15) is 0 Å². The highest BCUT2D eigenvalue weighted by Gasteiger charge is 2.25. The average Bonchev–Trinajstić information content (AvgIpc) is 2.86. The molecule has 4 heteroatoms. The lowest BCUT2D eigenvalue weighted by Gasteiger charge is -2.33. The van der Waals surface area contributed by atoms with Crippen LogP contribution in [0.15, 0.2) is 30.5 Å². The Labute approximate surface area is 106 Å². The molecule has 1 fully saturated rings. The van der Waals surface area contributed by atoms with Crippen LogP contribution in [0.2, 0.25) is 0 Å². The number of amides is 1. The second kappa shape index (κ2) is 4.46. The monoisotopic (exact) mass is 244 g/mol. The van der Waals surface area contributed by atoms with E-state index in [2.05, 4.69) is 4.98 Å². The number of nitrogens with one attached hydrogen (secondary N) is 1. The van der Waals surface area contributed by atoms with Crippen LogP contribution in [-0.2, 0) is 4.74 Å². The molecule has 3 rings (SSSR count). The van der Waals surface area contributed by atoms with Gasteiger partial charge in [0.15, 0.2) is 0 Å². The lowest BCUT2D eigenvalue weighted by atomic mass is 10.1.